The highest BCUT2D eigenvalue weighted by Crippen LogP contribution is 2.18. The fraction of sp³-hybridized carbons (Fsp3) is 0.500. The van der Waals surface area contributed by atoms with Crippen molar-refractivity contribution < 1.29 is 9.53 Å². The number of rotatable bonds is 5. The first-order valence-electron chi connectivity index (χ1n) is 6.15. The Morgan fingerprint density at radius 1 is 1.33 bits per heavy atom. The molecule has 1 unspecified atom stereocenters. The molecule has 1 rings (SSSR count). The van der Waals surface area contributed by atoms with Crippen molar-refractivity contribution in [3.63, 3.8) is 0 Å². The van der Waals surface area contributed by atoms with Crippen LogP contribution in [-0.2, 0) is 4.79 Å². The van der Waals surface area contributed by atoms with E-state index in [9.17, 15) is 4.79 Å². The monoisotopic (exact) mass is 250 g/mol. The summed E-state index contributed by atoms with van der Waals surface area (Å²) in [6.07, 6.45) is 0. The van der Waals surface area contributed by atoms with E-state index in [2.05, 4.69) is 5.32 Å². The largest absolute Gasteiger partial charge is 0.497 e. The molecule has 0 heterocycles. The summed E-state index contributed by atoms with van der Waals surface area (Å²) in [7, 11) is 1.62. The van der Waals surface area contributed by atoms with Crippen LogP contribution >= 0.6 is 0 Å². The molecule has 3 N–H and O–H groups in total. The predicted octanol–water partition coefficient (Wildman–Crippen LogP) is 1.86. The Bertz CT molecular complexity index is 405. The normalized spacial score (nSPS) is 14.1. The number of methoxy groups -OCH3 is 1. The van der Waals surface area contributed by atoms with Crippen LogP contribution in [0, 0.1) is 5.92 Å². The van der Waals surface area contributed by atoms with Crippen molar-refractivity contribution in [3.8, 4) is 5.75 Å². The van der Waals surface area contributed by atoms with Gasteiger partial charge in [-0.3, -0.25) is 4.79 Å². The summed E-state index contributed by atoms with van der Waals surface area (Å²) in [5, 5.41) is 2.91. The highest BCUT2D eigenvalue weighted by atomic mass is 16.5. The number of carbonyl (C=O) groups excluding carboxylic acids is 1. The molecule has 0 aliphatic heterocycles. The molecule has 2 atom stereocenters. The molecule has 0 bridgehead atoms. The Labute approximate surface area is 109 Å². The van der Waals surface area contributed by atoms with Crippen LogP contribution in [0.3, 0.4) is 0 Å². The van der Waals surface area contributed by atoms with Gasteiger partial charge in [-0.1, -0.05) is 26.0 Å². The molecule has 0 spiro atoms. The number of nitrogens with two attached hydrogens (primary N) is 1. The van der Waals surface area contributed by atoms with E-state index in [1.807, 2.05) is 45.0 Å². The van der Waals surface area contributed by atoms with E-state index >= 15 is 0 Å². The molecule has 0 radical (unpaired) electrons. The summed E-state index contributed by atoms with van der Waals surface area (Å²) >= 11 is 0. The molecular formula is C14H22N2O2. The molecule has 4 nitrogen and oxygen atoms in total. The number of benzene rings is 1. The third-order valence-electron chi connectivity index (χ3n) is 2.97. The second kappa shape index (κ2) is 6.40. The smallest absolute Gasteiger partial charge is 0.237 e. The van der Waals surface area contributed by atoms with Crippen molar-refractivity contribution in [3.05, 3.63) is 29.8 Å². The average molecular weight is 250 g/mol. The molecule has 0 aliphatic carbocycles. The SMILES string of the molecule is COc1cccc(C(C)NC(=O)[C@H](N)C(C)C)c1. The minimum absolute atomic E-state index is 0.0857. The molecule has 1 aromatic rings. The number of nitrogens with one attached hydrogen (secondary N) is 1. The molecule has 18 heavy (non-hydrogen) atoms. The van der Waals surface area contributed by atoms with Gasteiger partial charge in [0.05, 0.1) is 19.2 Å². The van der Waals surface area contributed by atoms with Gasteiger partial charge in [-0.15, -0.1) is 0 Å². The first-order chi connectivity index (χ1) is 8.45. The van der Waals surface area contributed by atoms with Gasteiger partial charge in [-0.25, -0.2) is 0 Å². The Morgan fingerprint density at radius 2 is 2.00 bits per heavy atom. The minimum Gasteiger partial charge on any atom is -0.497 e. The quantitative estimate of drug-likeness (QED) is 0.838. The number of carbonyl (C=O) groups is 1. The van der Waals surface area contributed by atoms with Crippen LogP contribution in [-0.4, -0.2) is 19.1 Å². The van der Waals surface area contributed by atoms with Crippen molar-refractivity contribution >= 4 is 5.91 Å². The van der Waals surface area contributed by atoms with E-state index < -0.39 is 6.04 Å². The zero-order valence-electron chi connectivity index (χ0n) is 11.4. The van der Waals surface area contributed by atoms with Crippen molar-refractivity contribution in [2.24, 2.45) is 11.7 Å². The first-order valence-corrected chi connectivity index (χ1v) is 6.15. The van der Waals surface area contributed by atoms with Gasteiger partial charge >= 0.3 is 0 Å². The van der Waals surface area contributed by atoms with Gasteiger partial charge < -0.3 is 15.8 Å². The van der Waals surface area contributed by atoms with Gasteiger partial charge in [0.2, 0.25) is 5.91 Å². The molecule has 1 aromatic carbocycles. The van der Waals surface area contributed by atoms with Crippen LogP contribution < -0.4 is 15.8 Å². The predicted molar refractivity (Wildman–Crippen MR) is 72.4 cm³/mol. The zero-order chi connectivity index (χ0) is 13.7. The van der Waals surface area contributed by atoms with Crippen LogP contribution in [0.5, 0.6) is 5.75 Å². The second-order valence-corrected chi connectivity index (χ2v) is 4.78. The van der Waals surface area contributed by atoms with Crippen LogP contribution in [0.1, 0.15) is 32.4 Å². The number of hydrogen-bond donors (Lipinski definition) is 2. The summed E-state index contributed by atoms with van der Waals surface area (Å²) in [6, 6.07) is 7.08. The van der Waals surface area contributed by atoms with Gasteiger partial charge in [-0.2, -0.15) is 0 Å². The Kier molecular flexibility index (Phi) is 5.16. The summed E-state index contributed by atoms with van der Waals surface area (Å²) in [5.74, 6) is 0.782. The van der Waals surface area contributed by atoms with Crippen LogP contribution in [0.4, 0.5) is 0 Å². The van der Waals surface area contributed by atoms with Crippen LogP contribution in [0.15, 0.2) is 24.3 Å². The lowest BCUT2D eigenvalue weighted by Crippen LogP contribution is -2.44. The van der Waals surface area contributed by atoms with E-state index in [0.717, 1.165) is 11.3 Å². The van der Waals surface area contributed by atoms with Crippen molar-refractivity contribution in [1.29, 1.82) is 0 Å². The van der Waals surface area contributed by atoms with Crippen molar-refractivity contribution in [1.82, 2.24) is 5.32 Å². The lowest BCUT2D eigenvalue weighted by Gasteiger charge is -2.20. The lowest BCUT2D eigenvalue weighted by atomic mass is 10.0. The van der Waals surface area contributed by atoms with Crippen LogP contribution in [0.2, 0.25) is 0 Å². The van der Waals surface area contributed by atoms with Crippen molar-refractivity contribution in [2.45, 2.75) is 32.9 Å². The summed E-state index contributed by atoms with van der Waals surface area (Å²) in [5.41, 5.74) is 6.80. The number of ether oxygens (including phenoxy) is 1. The third-order valence-corrected chi connectivity index (χ3v) is 2.97. The van der Waals surface area contributed by atoms with Gasteiger partial charge in [0.15, 0.2) is 0 Å². The maximum Gasteiger partial charge on any atom is 0.237 e. The standard InChI is InChI=1S/C14H22N2O2/c1-9(2)13(15)14(17)16-10(3)11-6-5-7-12(8-11)18-4/h5-10,13H,15H2,1-4H3,(H,16,17)/t10?,13-/m1/s1. The van der Waals surface area contributed by atoms with E-state index in [-0.39, 0.29) is 17.9 Å². The molecule has 1 amide bonds. The van der Waals surface area contributed by atoms with Gasteiger partial charge in [0.25, 0.3) is 0 Å². The molecule has 0 aromatic heterocycles. The maximum absolute atomic E-state index is 11.9. The molecule has 0 saturated carbocycles. The molecular weight excluding hydrogens is 228 g/mol. The second-order valence-electron chi connectivity index (χ2n) is 4.78. The third kappa shape index (κ3) is 3.74. The maximum atomic E-state index is 11.9. The summed E-state index contributed by atoms with van der Waals surface area (Å²) in [4.78, 5) is 11.9. The highest BCUT2D eigenvalue weighted by molar-refractivity contribution is 5.82. The first kappa shape index (κ1) is 14.5. The van der Waals surface area contributed by atoms with E-state index in [4.69, 9.17) is 10.5 Å². The number of amides is 1. The Balaban J connectivity index is 2.70. The topological polar surface area (TPSA) is 64.3 Å². The Hall–Kier alpha value is -1.55. The van der Waals surface area contributed by atoms with Crippen molar-refractivity contribution in [2.75, 3.05) is 7.11 Å². The summed E-state index contributed by atoms with van der Waals surface area (Å²) < 4.78 is 5.16. The highest BCUT2D eigenvalue weighted by Gasteiger charge is 2.19. The average Bonchev–Trinajstić information content (AvgIpc) is 2.37. The molecule has 100 valence electrons. The van der Waals surface area contributed by atoms with Gasteiger partial charge in [0.1, 0.15) is 5.75 Å². The molecule has 4 heteroatoms. The lowest BCUT2D eigenvalue weighted by molar-refractivity contribution is -0.123. The molecule has 0 fully saturated rings. The molecule has 0 saturated heterocycles. The van der Waals surface area contributed by atoms with E-state index in [1.54, 1.807) is 7.11 Å². The summed E-state index contributed by atoms with van der Waals surface area (Å²) in [6.45, 7) is 5.79. The van der Waals surface area contributed by atoms with E-state index in [1.165, 1.54) is 0 Å². The van der Waals surface area contributed by atoms with E-state index in [0.29, 0.717) is 0 Å². The van der Waals surface area contributed by atoms with Crippen LogP contribution in [0.25, 0.3) is 0 Å². The molecule has 0 aliphatic rings. The Morgan fingerprint density at radius 3 is 2.56 bits per heavy atom. The zero-order valence-corrected chi connectivity index (χ0v) is 11.4. The fourth-order valence-electron chi connectivity index (χ4n) is 1.61. The van der Waals surface area contributed by atoms with Gasteiger partial charge in [0, 0.05) is 0 Å². The number of hydrogen-bond acceptors (Lipinski definition) is 3. The van der Waals surface area contributed by atoms with Gasteiger partial charge in [-0.05, 0) is 30.5 Å². The fourth-order valence-corrected chi connectivity index (χ4v) is 1.61. The minimum atomic E-state index is -0.474.